The van der Waals surface area contributed by atoms with Gasteiger partial charge in [0.1, 0.15) is 5.75 Å². The van der Waals surface area contributed by atoms with E-state index in [4.69, 9.17) is 5.11 Å². The van der Waals surface area contributed by atoms with E-state index >= 15 is 0 Å². The number of rotatable bonds is 5. The van der Waals surface area contributed by atoms with Crippen LogP contribution in [-0.4, -0.2) is 29.4 Å². The summed E-state index contributed by atoms with van der Waals surface area (Å²) in [7, 11) is 0. The monoisotopic (exact) mass is 305 g/mol. The van der Waals surface area contributed by atoms with E-state index < -0.39 is 35.9 Å². The molecule has 0 saturated heterocycles. The Labute approximate surface area is 118 Å². The average Bonchev–Trinajstić information content (AvgIpc) is 2.36. The molecule has 0 radical (unpaired) electrons. The number of carboxylic acids is 1. The van der Waals surface area contributed by atoms with Crippen molar-refractivity contribution in [2.75, 3.05) is 0 Å². The molecule has 1 aromatic rings. The summed E-state index contributed by atoms with van der Waals surface area (Å²) in [5.41, 5.74) is -0.320. The number of carboxylic acid groups (broad SMARTS) is 1. The Balaban J connectivity index is 2.90. The van der Waals surface area contributed by atoms with Crippen LogP contribution in [0.25, 0.3) is 0 Å². The molecular formula is C13H14F3NO4. The summed E-state index contributed by atoms with van der Waals surface area (Å²) in [6, 6.07) is 4.08. The van der Waals surface area contributed by atoms with Crippen LogP contribution < -0.4 is 10.1 Å². The lowest BCUT2D eigenvalue weighted by Crippen LogP contribution is -2.40. The summed E-state index contributed by atoms with van der Waals surface area (Å²) < 4.78 is 40.5. The largest absolute Gasteiger partial charge is 0.573 e. The van der Waals surface area contributed by atoms with Crippen molar-refractivity contribution in [3.8, 4) is 5.75 Å². The Morgan fingerprint density at radius 3 is 2.33 bits per heavy atom. The molecule has 0 saturated carbocycles. The van der Waals surface area contributed by atoms with E-state index in [0.29, 0.717) is 0 Å². The Hall–Kier alpha value is -2.25. The van der Waals surface area contributed by atoms with E-state index in [0.717, 1.165) is 12.1 Å². The fourth-order valence-electron chi connectivity index (χ4n) is 1.49. The maximum atomic E-state index is 12.2. The first-order valence-electron chi connectivity index (χ1n) is 6.00. The van der Waals surface area contributed by atoms with Gasteiger partial charge in [0.2, 0.25) is 0 Å². The summed E-state index contributed by atoms with van der Waals surface area (Å²) in [4.78, 5) is 22.7. The van der Waals surface area contributed by atoms with Crippen LogP contribution in [0.1, 0.15) is 24.2 Å². The van der Waals surface area contributed by atoms with Crippen LogP contribution in [0.4, 0.5) is 13.2 Å². The molecule has 0 aliphatic rings. The second-order valence-corrected chi connectivity index (χ2v) is 4.43. The minimum absolute atomic E-state index is 0.320. The molecule has 2 N–H and O–H groups in total. The maximum absolute atomic E-state index is 12.2. The zero-order chi connectivity index (χ0) is 16.2. The molecule has 0 heterocycles. The standard InChI is InChI=1S/C13H14F3NO4/c1-7(12(19)20)8(2)17-11(18)9-5-3-4-6-10(9)21-13(14,15)16/h3-8H,1-2H3,(H,17,18)(H,19,20). The first-order valence-corrected chi connectivity index (χ1v) is 6.00. The Bertz CT molecular complexity index is 530. The zero-order valence-corrected chi connectivity index (χ0v) is 11.3. The van der Waals surface area contributed by atoms with Crippen LogP contribution in [0, 0.1) is 5.92 Å². The number of halogens is 3. The van der Waals surface area contributed by atoms with E-state index in [1.54, 1.807) is 0 Å². The van der Waals surface area contributed by atoms with Crippen LogP contribution in [-0.2, 0) is 4.79 Å². The van der Waals surface area contributed by atoms with Crippen LogP contribution in [0.2, 0.25) is 0 Å². The predicted molar refractivity (Wildman–Crippen MR) is 66.9 cm³/mol. The predicted octanol–water partition coefficient (Wildman–Crippen LogP) is 2.42. The quantitative estimate of drug-likeness (QED) is 0.876. The van der Waals surface area contributed by atoms with Gasteiger partial charge in [-0.3, -0.25) is 9.59 Å². The van der Waals surface area contributed by atoms with Crippen molar-refractivity contribution in [1.29, 1.82) is 0 Å². The topological polar surface area (TPSA) is 75.6 Å². The zero-order valence-electron chi connectivity index (χ0n) is 11.3. The first-order chi connectivity index (χ1) is 9.61. The lowest BCUT2D eigenvalue weighted by Gasteiger charge is -2.19. The Kier molecular flexibility index (Phi) is 5.17. The number of hydrogen-bond acceptors (Lipinski definition) is 3. The molecule has 8 heteroatoms. The fraction of sp³-hybridized carbons (Fsp3) is 0.385. The van der Waals surface area contributed by atoms with Gasteiger partial charge in [-0.25, -0.2) is 0 Å². The van der Waals surface area contributed by atoms with Crippen molar-refractivity contribution < 1.29 is 32.6 Å². The minimum atomic E-state index is -4.92. The van der Waals surface area contributed by atoms with Gasteiger partial charge in [-0.05, 0) is 26.0 Å². The number of alkyl halides is 3. The maximum Gasteiger partial charge on any atom is 0.573 e. The van der Waals surface area contributed by atoms with Gasteiger partial charge < -0.3 is 15.2 Å². The average molecular weight is 305 g/mol. The number of benzene rings is 1. The minimum Gasteiger partial charge on any atom is -0.481 e. The van der Waals surface area contributed by atoms with Crippen molar-refractivity contribution >= 4 is 11.9 Å². The Morgan fingerprint density at radius 2 is 1.81 bits per heavy atom. The van der Waals surface area contributed by atoms with Crippen LogP contribution in [0.15, 0.2) is 24.3 Å². The smallest absolute Gasteiger partial charge is 0.481 e. The lowest BCUT2D eigenvalue weighted by atomic mass is 10.0. The highest BCUT2D eigenvalue weighted by Gasteiger charge is 2.33. The van der Waals surface area contributed by atoms with Crippen LogP contribution >= 0.6 is 0 Å². The van der Waals surface area contributed by atoms with E-state index in [9.17, 15) is 22.8 Å². The van der Waals surface area contributed by atoms with Gasteiger partial charge in [-0.2, -0.15) is 0 Å². The van der Waals surface area contributed by atoms with Crippen LogP contribution in [0.5, 0.6) is 5.75 Å². The number of aliphatic carboxylic acids is 1. The third-order valence-electron chi connectivity index (χ3n) is 2.86. The SMILES string of the molecule is CC(NC(=O)c1ccccc1OC(F)(F)F)C(C)C(=O)O. The van der Waals surface area contributed by atoms with Gasteiger partial charge in [0.05, 0.1) is 11.5 Å². The van der Waals surface area contributed by atoms with Crippen LogP contribution in [0.3, 0.4) is 0 Å². The highest BCUT2D eigenvalue weighted by atomic mass is 19.4. The number of hydrogen-bond donors (Lipinski definition) is 2. The number of amides is 1. The van der Waals surface area contributed by atoms with E-state index in [1.165, 1.54) is 26.0 Å². The molecule has 0 aliphatic carbocycles. The van der Waals surface area contributed by atoms with E-state index in [2.05, 4.69) is 10.1 Å². The second-order valence-electron chi connectivity index (χ2n) is 4.43. The molecule has 1 rings (SSSR count). The molecule has 2 atom stereocenters. The highest BCUT2D eigenvalue weighted by Crippen LogP contribution is 2.26. The molecule has 5 nitrogen and oxygen atoms in total. The number of para-hydroxylation sites is 1. The molecule has 0 aromatic heterocycles. The summed E-state index contributed by atoms with van der Waals surface area (Å²) >= 11 is 0. The molecular weight excluding hydrogens is 291 g/mol. The summed E-state index contributed by atoms with van der Waals surface area (Å²) in [5.74, 6) is -3.49. The van der Waals surface area contributed by atoms with Gasteiger partial charge in [0.25, 0.3) is 5.91 Å². The molecule has 0 spiro atoms. The normalized spacial score (nSPS) is 14.1. The molecule has 2 unspecified atom stereocenters. The number of carbonyl (C=O) groups excluding carboxylic acids is 1. The van der Waals surface area contributed by atoms with Gasteiger partial charge in [0.15, 0.2) is 0 Å². The lowest BCUT2D eigenvalue weighted by molar-refractivity contribution is -0.274. The summed E-state index contributed by atoms with van der Waals surface area (Å²) in [5, 5.41) is 11.2. The van der Waals surface area contributed by atoms with Crippen molar-refractivity contribution in [2.45, 2.75) is 26.3 Å². The third-order valence-corrected chi connectivity index (χ3v) is 2.86. The molecule has 1 aromatic carbocycles. The molecule has 0 aliphatic heterocycles. The number of nitrogens with one attached hydrogen (secondary N) is 1. The first kappa shape index (κ1) is 16.8. The number of carbonyl (C=O) groups is 2. The van der Waals surface area contributed by atoms with Crippen molar-refractivity contribution in [3.63, 3.8) is 0 Å². The second kappa shape index (κ2) is 6.47. The van der Waals surface area contributed by atoms with Crippen molar-refractivity contribution in [2.24, 2.45) is 5.92 Å². The van der Waals surface area contributed by atoms with Crippen molar-refractivity contribution in [1.82, 2.24) is 5.32 Å². The van der Waals surface area contributed by atoms with E-state index in [1.807, 2.05) is 0 Å². The van der Waals surface area contributed by atoms with E-state index in [-0.39, 0.29) is 5.56 Å². The number of ether oxygens (including phenoxy) is 1. The van der Waals surface area contributed by atoms with Gasteiger partial charge in [0, 0.05) is 6.04 Å². The van der Waals surface area contributed by atoms with Gasteiger partial charge >= 0.3 is 12.3 Å². The third kappa shape index (κ3) is 4.97. The molecule has 0 fully saturated rings. The van der Waals surface area contributed by atoms with Gasteiger partial charge in [-0.1, -0.05) is 12.1 Å². The fourth-order valence-corrected chi connectivity index (χ4v) is 1.49. The Morgan fingerprint density at radius 1 is 1.24 bits per heavy atom. The molecule has 116 valence electrons. The summed E-state index contributed by atoms with van der Waals surface area (Å²) in [6.07, 6.45) is -4.92. The van der Waals surface area contributed by atoms with Crippen molar-refractivity contribution in [3.05, 3.63) is 29.8 Å². The molecule has 0 bridgehead atoms. The highest BCUT2D eigenvalue weighted by molar-refractivity contribution is 5.97. The van der Waals surface area contributed by atoms with Gasteiger partial charge in [-0.15, -0.1) is 13.2 Å². The molecule has 1 amide bonds. The molecule has 21 heavy (non-hydrogen) atoms. The summed E-state index contributed by atoms with van der Waals surface area (Å²) in [6.45, 7) is 2.83.